The van der Waals surface area contributed by atoms with Crippen molar-refractivity contribution in [1.82, 2.24) is 15.0 Å². The zero-order chi connectivity index (χ0) is 10.4. The molecule has 1 aromatic rings. The summed E-state index contributed by atoms with van der Waals surface area (Å²) in [5.41, 5.74) is 7.74. The minimum absolute atomic E-state index is 0.687. The highest BCUT2D eigenvalue weighted by Gasteiger charge is 2.03. The molecule has 0 radical (unpaired) electrons. The van der Waals surface area contributed by atoms with Crippen LogP contribution < -0.4 is 5.73 Å². The van der Waals surface area contributed by atoms with E-state index >= 15 is 0 Å². The van der Waals surface area contributed by atoms with Gasteiger partial charge in [0.2, 0.25) is 0 Å². The highest BCUT2D eigenvalue weighted by Crippen LogP contribution is 2.12. The maximum Gasteiger partial charge on any atom is 0.0839 e. The third kappa shape index (κ3) is 2.67. The Morgan fingerprint density at radius 3 is 3.07 bits per heavy atom. The fourth-order valence-corrected chi connectivity index (χ4v) is 1.34. The summed E-state index contributed by atoms with van der Waals surface area (Å²) in [6.07, 6.45) is 5.91. The van der Waals surface area contributed by atoms with Gasteiger partial charge in [0.05, 0.1) is 11.9 Å². The van der Waals surface area contributed by atoms with E-state index in [4.69, 9.17) is 5.73 Å². The third-order valence-electron chi connectivity index (χ3n) is 2.07. The van der Waals surface area contributed by atoms with E-state index in [-0.39, 0.29) is 0 Å². The molecule has 0 aliphatic heterocycles. The van der Waals surface area contributed by atoms with Crippen LogP contribution in [0.3, 0.4) is 0 Å². The topological polar surface area (TPSA) is 56.7 Å². The van der Waals surface area contributed by atoms with E-state index < -0.39 is 0 Å². The normalized spacial score (nSPS) is 12.1. The van der Waals surface area contributed by atoms with Crippen LogP contribution in [0, 0.1) is 0 Å². The van der Waals surface area contributed by atoms with Crippen LogP contribution in [-0.4, -0.2) is 21.5 Å². The van der Waals surface area contributed by atoms with Crippen molar-refractivity contribution in [2.24, 2.45) is 5.73 Å². The van der Waals surface area contributed by atoms with Crippen LogP contribution in [0.5, 0.6) is 0 Å². The Labute approximate surface area is 84.8 Å². The van der Waals surface area contributed by atoms with Gasteiger partial charge in [-0.2, -0.15) is 0 Å². The quantitative estimate of drug-likeness (QED) is 0.771. The zero-order valence-electron chi connectivity index (χ0n) is 8.90. The first-order chi connectivity index (χ1) is 6.79. The first kappa shape index (κ1) is 10.9. The zero-order valence-corrected chi connectivity index (χ0v) is 8.90. The number of hydrogen-bond acceptors (Lipinski definition) is 3. The lowest BCUT2D eigenvalue weighted by atomic mass is 10.2. The lowest BCUT2D eigenvalue weighted by Crippen LogP contribution is -2.03. The average Bonchev–Trinajstić information content (AvgIpc) is 2.63. The number of nitrogens with two attached hydrogens (primary N) is 1. The van der Waals surface area contributed by atoms with Gasteiger partial charge in [0.1, 0.15) is 0 Å². The minimum Gasteiger partial charge on any atom is -0.330 e. The van der Waals surface area contributed by atoms with Crippen molar-refractivity contribution in [2.75, 3.05) is 6.54 Å². The van der Waals surface area contributed by atoms with Gasteiger partial charge in [-0.1, -0.05) is 18.2 Å². The smallest absolute Gasteiger partial charge is 0.0839 e. The van der Waals surface area contributed by atoms with Crippen LogP contribution >= 0.6 is 0 Å². The van der Waals surface area contributed by atoms with Gasteiger partial charge < -0.3 is 5.73 Å². The van der Waals surface area contributed by atoms with Crippen LogP contribution in [0.4, 0.5) is 0 Å². The summed E-state index contributed by atoms with van der Waals surface area (Å²) in [4.78, 5) is 0. The molecule has 0 saturated heterocycles. The summed E-state index contributed by atoms with van der Waals surface area (Å²) in [6, 6.07) is 0. The largest absolute Gasteiger partial charge is 0.330 e. The number of hydrogen-bond donors (Lipinski definition) is 1. The van der Waals surface area contributed by atoms with Gasteiger partial charge in [0, 0.05) is 6.54 Å². The number of rotatable bonds is 5. The minimum atomic E-state index is 0.687. The molecule has 0 amide bonds. The molecule has 1 heterocycles. The Bertz CT molecular complexity index is 301. The fraction of sp³-hybridized carbons (Fsp3) is 0.600. The first-order valence-corrected chi connectivity index (χ1v) is 5.05. The van der Waals surface area contributed by atoms with E-state index in [1.165, 1.54) is 5.57 Å². The van der Waals surface area contributed by atoms with E-state index in [2.05, 4.69) is 30.2 Å². The number of nitrogens with zero attached hydrogens (tertiary/aromatic N) is 3. The van der Waals surface area contributed by atoms with E-state index in [9.17, 15) is 0 Å². The van der Waals surface area contributed by atoms with Gasteiger partial charge in [0.25, 0.3) is 0 Å². The molecule has 78 valence electrons. The summed E-state index contributed by atoms with van der Waals surface area (Å²) in [5.74, 6) is 0. The summed E-state index contributed by atoms with van der Waals surface area (Å²) in [6.45, 7) is 5.81. The molecule has 1 aromatic heterocycles. The monoisotopic (exact) mass is 194 g/mol. The van der Waals surface area contributed by atoms with Crippen molar-refractivity contribution in [3.05, 3.63) is 18.0 Å². The Morgan fingerprint density at radius 1 is 1.64 bits per heavy atom. The molecule has 0 aliphatic carbocycles. The third-order valence-corrected chi connectivity index (χ3v) is 2.07. The fourth-order valence-electron chi connectivity index (χ4n) is 1.34. The lowest BCUT2D eigenvalue weighted by Gasteiger charge is -2.04. The van der Waals surface area contributed by atoms with Crippen molar-refractivity contribution in [1.29, 1.82) is 0 Å². The second-order valence-electron chi connectivity index (χ2n) is 3.31. The molecule has 1 rings (SSSR count). The van der Waals surface area contributed by atoms with Crippen LogP contribution in [0.1, 0.15) is 32.4 Å². The molecule has 2 N–H and O–H groups in total. The highest BCUT2D eigenvalue weighted by molar-refractivity contribution is 5.59. The molecule has 14 heavy (non-hydrogen) atoms. The molecule has 4 heteroatoms. The Balaban J connectivity index is 2.77. The van der Waals surface area contributed by atoms with Gasteiger partial charge in [0.15, 0.2) is 0 Å². The van der Waals surface area contributed by atoms with Crippen molar-refractivity contribution in [3.8, 4) is 0 Å². The van der Waals surface area contributed by atoms with E-state index in [0.29, 0.717) is 6.54 Å². The molecule has 0 unspecified atom stereocenters. The van der Waals surface area contributed by atoms with Crippen LogP contribution in [0.2, 0.25) is 0 Å². The van der Waals surface area contributed by atoms with Crippen molar-refractivity contribution < 1.29 is 0 Å². The molecular weight excluding hydrogens is 176 g/mol. The van der Waals surface area contributed by atoms with Crippen molar-refractivity contribution in [3.63, 3.8) is 0 Å². The van der Waals surface area contributed by atoms with Crippen LogP contribution in [0.25, 0.3) is 5.57 Å². The standard InChI is InChI=1S/C10H18N4/c1-3-7-14-10(8-12-13-14)9(2)5-4-6-11/h5,8H,3-4,6-7,11H2,1-2H3/b9-5+. The van der Waals surface area contributed by atoms with Gasteiger partial charge >= 0.3 is 0 Å². The maximum absolute atomic E-state index is 5.44. The van der Waals surface area contributed by atoms with Gasteiger partial charge in [-0.25, -0.2) is 4.68 Å². The maximum atomic E-state index is 5.44. The number of aromatic nitrogens is 3. The van der Waals surface area contributed by atoms with Gasteiger partial charge in [-0.3, -0.25) is 0 Å². The Morgan fingerprint density at radius 2 is 2.43 bits per heavy atom. The van der Waals surface area contributed by atoms with Crippen LogP contribution in [-0.2, 0) is 6.54 Å². The predicted molar refractivity (Wildman–Crippen MR) is 57.6 cm³/mol. The molecule has 0 atom stereocenters. The lowest BCUT2D eigenvalue weighted by molar-refractivity contribution is 0.573. The Kier molecular flexibility index (Phi) is 4.32. The molecule has 0 bridgehead atoms. The predicted octanol–water partition coefficient (Wildman–Crippen LogP) is 1.44. The van der Waals surface area contributed by atoms with E-state index in [1.807, 2.05) is 4.68 Å². The van der Waals surface area contributed by atoms with Crippen molar-refractivity contribution >= 4 is 5.57 Å². The van der Waals surface area contributed by atoms with Crippen LogP contribution in [0.15, 0.2) is 12.3 Å². The molecule has 4 nitrogen and oxygen atoms in total. The molecule has 0 spiro atoms. The highest BCUT2D eigenvalue weighted by atomic mass is 15.4. The average molecular weight is 194 g/mol. The SMILES string of the molecule is CCCn1nncc1/C(C)=C/CCN. The molecule has 0 aliphatic rings. The van der Waals surface area contributed by atoms with Gasteiger partial charge in [-0.05, 0) is 31.9 Å². The summed E-state index contributed by atoms with van der Waals surface area (Å²) in [7, 11) is 0. The molecular formula is C10H18N4. The number of allylic oxidation sites excluding steroid dienone is 1. The number of aryl methyl sites for hydroxylation is 1. The molecule has 0 aromatic carbocycles. The van der Waals surface area contributed by atoms with Gasteiger partial charge in [-0.15, -0.1) is 5.10 Å². The van der Waals surface area contributed by atoms with Crippen molar-refractivity contribution in [2.45, 2.75) is 33.2 Å². The second-order valence-corrected chi connectivity index (χ2v) is 3.31. The first-order valence-electron chi connectivity index (χ1n) is 5.05. The summed E-state index contributed by atoms with van der Waals surface area (Å²) in [5, 5.41) is 7.94. The molecule has 0 saturated carbocycles. The Hall–Kier alpha value is -1.16. The summed E-state index contributed by atoms with van der Waals surface area (Å²) >= 11 is 0. The second kappa shape index (κ2) is 5.54. The van der Waals surface area contributed by atoms with E-state index in [1.54, 1.807) is 6.20 Å². The molecule has 0 fully saturated rings. The summed E-state index contributed by atoms with van der Waals surface area (Å²) < 4.78 is 1.93. The van der Waals surface area contributed by atoms with E-state index in [0.717, 1.165) is 25.1 Å².